The highest BCUT2D eigenvalue weighted by Crippen LogP contribution is 2.12. The molecule has 0 aliphatic carbocycles. The number of hydrogen-bond acceptors (Lipinski definition) is 4. The van der Waals surface area contributed by atoms with E-state index < -0.39 is 5.97 Å². The lowest BCUT2D eigenvalue weighted by Gasteiger charge is -2.03. The molecule has 0 aliphatic heterocycles. The van der Waals surface area contributed by atoms with E-state index in [1.54, 1.807) is 31.4 Å². The molecule has 1 heterocycles. The number of hydrogen-bond donors (Lipinski definition) is 3. The standard InChI is InChI=1S/C13H13N3O4/c1-20-9-4-2-8(3-5-9)6-12(17)14-11-7-10(13(18)19)15-16-11/h2-5,7H,6H2,1H3,(H,18,19)(H2,14,15,16,17). The van der Waals surface area contributed by atoms with Crippen LogP contribution in [-0.4, -0.2) is 34.3 Å². The summed E-state index contributed by atoms with van der Waals surface area (Å²) in [5, 5.41) is 17.2. The second-order valence-electron chi connectivity index (χ2n) is 4.05. The average Bonchev–Trinajstić information content (AvgIpc) is 2.88. The van der Waals surface area contributed by atoms with Crippen molar-refractivity contribution in [3.8, 4) is 5.75 Å². The smallest absolute Gasteiger partial charge is 0.353 e. The van der Waals surface area contributed by atoms with Crippen molar-refractivity contribution < 1.29 is 19.4 Å². The normalized spacial score (nSPS) is 10.1. The summed E-state index contributed by atoms with van der Waals surface area (Å²) in [5.74, 6) is -0.514. The van der Waals surface area contributed by atoms with Gasteiger partial charge in [-0.15, -0.1) is 0 Å². The molecular formula is C13H13N3O4. The minimum absolute atomic E-state index is 0.0789. The SMILES string of the molecule is COc1ccc(CC(=O)Nc2cc(C(=O)O)[nH]n2)cc1. The maximum absolute atomic E-state index is 11.8. The van der Waals surface area contributed by atoms with Crippen LogP contribution in [-0.2, 0) is 11.2 Å². The highest BCUT2D eigenvalue weighted by atomic mass is 16.5. The quantitative estimate of drug-likeness (QED) is 0.762. The predicted molar refractivity (Wildman–Crippen MR) is 70.9 cm³/mol. The zero-order valence-corrected chi connectivity index (χ0v) is 10.7. The minimum atomic E-state index is -1.13. The van der Waals surface area contributed by atoms with Crippen LogP contribution in [0, 0.1) is 0 Å². The lowest BCUT2D eigenvalue weighted by atomic mass is 10.1. The molecule has 1 aromatic carbocycles. The number of rotatable bonds is 5. The molecule has 3 N–H and O–H groups in total. The Morgan fingerprint density at radius 1 is 1.35 bits per heavy atom. The fourth-order valence-corrected chi connectivity index (χ4v) is 1.61. The van der Waals surface area contributed by atoms with Crippen LogP contribution in [0.2, 0.25) is 0 Å². The molecule has 0 saturated heterocycles. The van der Waals surface area contributed by atoms with E-state index in [0.717, 1.165) is 5.56 Å². The van der Waals surface area contributed by atoms with Crippen LogP contribution in [0.4, 0.5) is 5.82 Å². The molecule has 1 aromatic heterocycles. The highest BCUT2D eigenvalue weighted by Gasteiger charge is 2.10. The van der Waals surface area contributed by atoms with E-state index >= 15 is 0 Å². The summed E-state index contributed by atoms with van der Waals surface area (Å²) in [4.78, 5) is 22.4. The van der Waals surface area contributed by atoms with E-state index in [1.165, 1.54) is 6.07 Å². The number of aromatic nitrogens is 2. The minimum Gasteiger partial charge on any atom is -0.497 e. The van der Waals surface area contributed by atoms with Gasteiger partial charge in [-0.25, -0.2) is 4.79 Å². The van der Waals surface area contributed by atoms with Crippen molar-refractivity contribution in [1.29, 1.82) is 0 Å². The number of nitrogens with zero attached hydrogens (tertiary/aromatic N) is 1. The van der Waals surface area contributed by atoms with Gasteiger partial charge in [0, 0.05) is 6.07 Å². The van der Waals surface area contributed by atoms with Crippen LogP contribution in [0.5, 0.6) is 5.75 Å². The molecule has 0 unspecified atom stereocenters. The van der Waals surface area contributed by atoms with Crippen molar-refractivity contribution in [2.75, 3.05) is 12.4 Å². The number of methoxy groups -OCH3 is 1. The van der Waals surface area contributed by atoms with E-state index in [0.29, 0.717) is 5.75 Å². The molecule has 0 saturated carbocycles. The molecule has 7 heteroatoms. The van der Waals surface area contributed by atoms with Gasteiger partial charge in [0.05, 0.1) is 13.5 Å². The number of amides is 1. The van der Waals surface area contributed by atoms with Gasteiger partial charge in [-0.1, -0.05) is 12.1 Å². The maximum Gasteiger partial charge on any atom is 0.353 e. The number of anilines is 1. The number of H-pyrrole nitrogens is 1. The molecule has 0 radical (unpaired) electrons. The van der Waals surface area contributed by atoms with Gasteiger partial charge in [-0.2, -0.15) is 5.10 Å². The third-order valence-electron chi connectivity index (χ3n) is 2.60. The molecule has 0 bridgehead atoms. The Balaban J connectivity index is 1.95. The monoisotopic (exact) mass is 275 g/mol. The van der Waals surface area contributed by atoms with E-state index in [-0.39, 0.29) is 23.8 Å². The fraction of sp³-hybridized carbons (Fsp3) is 0.154. The van der Waals surface area contributed by atoms with Gasteiger partial charge in [0.1, 0.15) is 11.4 Å². The Kier molecular flexibility index (Phi) is 3.99. The summed E-state index contributed by atoms with van der Waals surface area (Å²) in [7, 11) is 1.57. The molecule has 2 rings (SSSR count). The number of aromatic amines is 1. The van der Waals surface area contributed by atoms with Crippen molar-refractivity contribution in [3.63, 3.8) is 0 Å². The van der Waals surface area contributed by atoms with E-state index in [1.807, 2.05) is 0 Å². The summed E-state index contributed by atoms with van der Waals surface area (Å²) in [6.45, 7) is 0. The topological polar surface area (TPSA) is 104 Å². The summed E-state index contributed by atoms with van der Waals surface area (Å²) in [6.07, 6.45) is 0.166. The molecule has 2 aromatic rings. The van der Waals surface area contributed by atoms with Crippen LogP contribution in [0.3, 0.4) is 0 Å². The van der Waals surface area contributed by atoms with Crippen molar-refractivity contribution in [3.05, 3.63) is 41.6 Å². The first kappa shape index (κ1) is 13.6. The van der Waals surface area contributed by atoms with Crippen molar-refractivity contribution in [2.45, 2.75) is 6.42 Å². The lowest BCUT2D eigenvalue weighted by Crippen LogP contribution is -2.14. The number of carboxylic acids is 1. The third kappa shape index (κ3) is 3.35. The number of carbonyl (C=O) groups excluding carboxylic acids is 1. The first-order valence-electron chi connectivity index (χ1n) is 5.80. The first-order valence-corrected chi connectivity index (χ1v) is 5.80. The van der Waals surface area contributed by atoms with Gasteiger partial charge in [-0.3, -0.25) is 9.89 Å². The van der Waals surface area contributed by atoms with Gasteiger partial charge in [0.2, 0.25) is 5.91 Å². The second-order valence-corrected chi connectivity index (χ2v) is 4.05. The molecule has 7 nitrogen and oxygen atoms in total. The molecule has 1 amide bonds. The molecular weight excluding hydrogens is 262 g/mol. The Bertz CT molecular complexity index is 619. The fourth-order valence-electron chi connectivity index (χ4n) is 1.61. The van der Waals surface area contributed by atoms with Crippen molar-refractivity contribution in [2.24, 2.45) is 0 Å². The predicted octanol–water partition coefficient (Wildman–Crippen LogP) is 1.30. The summed E-state index contributed by atoms with van der Waals surface area (Å²) in [5.41, 5.74) is 0.738. The zero-order valence-electron chi connectivity index (χ0n) is 10.7. The lowest BCUT2D eigenvalue weighted by molar-refractivity contribution is -0.115. The molecule has 0 fully saturated rings. The Morgan fingerprint density at radius 3 is 2.60 bits per heavy atom. The second kappa shape index (κ2) is 5.87. The summed E-state index contributed by atoms with van der Waals surface area (Å²) >= 11 is 0. The highest BCUT2D eigenvalue weighted by molar-refractivity contribution is 5.93. The van der Waals surface area contributed by atoms with E-state index in [2.05, 4.69) is 15.5 Å². The van der Waals surface area contributed by atoms with Crippen LogP contribution in [0.1, 0.15) is 16.1 Å². The molecule has 0 spiro atoms. The van der Waals surface area contributed by atoms with E-state index in [4.69, 9.17) is 9.84 Å². The molecule has 0 atom stereocenters. The van der Waals surface area contributed by atoms with Crippen molar-refractivity contribution >= 4 is 17.7 Å². The van der Waals surface area contributed by atoms with Gasteiger partial charge in [-0.05, 0) is 17.7 Å². The van der Waals surface area contributed by atoms with E-state index in [9.17, 15) is 9.59 Å². The number of aromatic carboxylic acids is 1. The average molecular weight is 275 g/mol. The number of ether oxygens (including phenoxy) is 1. The van der Waals surface area contributed by atoms with Gasteiger partial charge in [0.25, 0.3) is 0 Å². The Labute approximate surface area is 114 Å². The van der Waals surface area contributed by atoms with Crippen LogP contribution < -0.4 is 10.1 Å². The largest absolute Gasteiger partial charge is 0.497 e. The number of carboxylic acid groups (broad SMARTS) is 1. The Morgan fingerprint density at radius 2 is 2.05 bits per heavy atom. The zero-order chi connectivity index (χ0) is 14.5. The van der Waals surface area contributed by atoms with Gasteiger partial charge >= 0.3 is 5.97 Å². The third-order valence-corrected chi connectivity index (χ3v) is 2.60. The maximum atomic E-state index is 11.8. The molecule has 20 heavy (non-hydrogen) atoms. The molecule has 0 aliphatic rings. The van der Waals surface area contributed by atoms with Crippen LogP contribution >= 0.6 is 0 Å². The first-order chi connectivity index (χ1) is 9.58. The summed E-state index contributed by atoms with van der Waals surface area (Å²) < 4.78 is 5.02. The number of carbonyl (C=O) groups is 2. The number of benzene rings is 1. The van der Waals surface area contributed by atoms with Gasteiger partial charge < -0.3 is 15.2 Å². The summed E-state index contributed by atoms with van der Waals surface area (Å²) in [6, 6.07) is 8.35. The van der Waals surface area contributed by atoms with Crippen molar-refractivity contribution in [1.82, 2.24) is 10.2 Å². The molecule has 104 valence electrons. The van der Waals surface area contributed by atoms with Gasteiger partial charge in [0.15, 0.2) is 5.82 Å². The Hall–Kier alpha value is -2.83. The van der Waals surface area contributed by atoms with Crippen LogP contribution in [0.25, 0.3) is 0 Å². The van der Waals surface area contributed by atoms with Crippen LogP contribution in [0.15, 0.2) is 30.3 Å². The number of nitrogens with one attached hydrogen (secondary N) is 2.